The van der Waals surface area contributed by atoms with Crippen molar-refractivity contribution in [2.24, 2.45) is 0 Å². The standard InChI is InChI=1S/C18H21N3O3/c1-13(14-5-3-2-4-6-14)17(22)20-9-7-16(8-10-20)21-12-15(11-19-21)18(23)24/h2-6,11-13,16H,7-10H2,1H3,(H,23,24). The van der Waals surface area contributed by atoms with Crippen LogP contribution in [-0.2, 0) is 4.79 Å². The second-order valence-electron chi connectivity index (χ2n) is 6.20. The molecule has 1 amide bonds. The molecule has 126 valence electrons. The Morgan fingerprint density at radius 1 is 1.21 bits per heavy atom. The van der Waals surface area contributed by atoms with Crippen LogP contribution in [0, 0.1) is 0 Å². The van der Waals surface area contributed by atoms with Gasteiger partial charge in [-0.3, -0.25) is 9.48 Å². The lowest BCUT2D eigenvalue weighted by molar-refractivity contribution is -0.133. The summed E-state index contributed by atoms with van der Waals surface area (Å²) in [7, 11) is 0. The molecule has 1 fully saturated rings. The van der Waals surface area contributed by atoms with Gasteiger partial charge in [0.05, 0.1) is 23.7 Å². The number of amides is 1. The molecule has 1 unspecified atom stereocenters. The van der Waals surface area contributed by atoms with E-state index in [2.05, 4.69) is 5.10 Å². The van der Waals surface area contributed by atoms with E-state index in [9.17, 15) is 9.59 Å². The Hall–Kier alpha value is -2.63. The van der Waals surface area contributed by atoms with E-state index in [-0.39, 0.29) is 23.4 Å². The number of hydrogen-bond donors (Lipinski definition) is 1. The van der Waals surface area contributed by atoms with Crippen LogP contribution < -0.4 is 0 Å². The Morgan fingerprint density at radius 3 is 2.46 bits per heavy atom. The molecule has 1 aromatic carbocycles. The van der Waals surface area contributed by atoms with Gasteiger partial charge >= 0.3 is 5.97 Å². The average molecular weight is 327 g/mol. The van der Waals surface area contributed by atoms with Crippen LogP contribution in [0.4, 0.5) is 0 Å². The van der Waals surface area contributed by atoms with E-state index in [1.807, 2.05) is 42.2 Å². The minimum absolute atomic E-state index is 0.145. The SMILES string of the molecule is CC(C(=O)N1CCC(n2cc(C(=O)O)cn2)CC1)c1ccccc1. The van der Waals surface area contributed by atoms with Crippen molar-refractivity contribution in [1.82, 2.24) is 14.7 Å². The summed E-state index contributed by atoms with van der Waals surface area (Å²) in [5.74, 6) is -0.969. The van der Waals surface area contributed by atoms with Crippen molar-refractivity contribution in [2.45, 2.75) is 31.7 Å². The lowest BCUT2D eigenvalue weighted by Gasteiger charge is -2.33. The topological polar surface area (TPSA) is 75.4 Å². The molecule has 2 aromatic rings. The summed E-state index contributed by atoms with van der Waals surface area (Å²) in [6, 6.07) is 9.95. The summed E-state index contributed by atoms with van der Waals surface area (Å²) < 4.78 is 1.71. The van der Waals surface area contributed by atoms with E-state index in [4.69, 9.17) is 5.11 Å². The summed E-state index contributed by atoms with van der Waals surface area (Å²) >= 11 is 0. The van der Waals surface area contributed by atoms with Gasteiger partial charge in [-0.2, -0.15) is 5.10 Å². The minimum Gasteiger partial charge on any atom is -0.478 e. The van der Waals surface area contributed by atoms with Gasteiger partial charge in [0.1, 0.15) is 0 Å². The maximum atomic E-state index is 12.7. The molecule has 3 rings (SSSR count). The van der Waals surface area contributed by atoms with Crippen molar-refractivity contribution in [1.29, 1.82) is 0 Å². The zero-order chi connectivity index (χ0) is 17.1. The van der Waals surface area contributed by atoms with E-state index < -0.39 is 5.97 Å². The Labute approximate surface area is 140 Å². The zero-order valence-corrected chi connectivity index (χ0v) is 13.6. The van der Waals surface area contributed by atoms with Gasteiger partial charge in [0.2, 0.25) is 5.91 Å². The second-order valence-corrected chi connectivity index (χ2v) is 6.20. The average Bonchev–Trinajstić information content (AvgIpc) is 3.12. The molecule has 6 heteroatoms. The van der Waals surface area contributed by atoms with Crippen LogP contribution in [0.15, 0.2) is 42.7 Å². The Balaban J connectivity index is 1.60. The molecule has 1 aliphatic heterocycles. The van der Waals surface area contributed by atoms with E-state index in [1.54, 1.807) is 10.9 Å². The van der Waals surface area contributed by atoms with E-state index >= 15 is 0 Å². The monoisotopic (exact) mass is 327 g/mol. The van der Waals surface area contributed by atoms with E-state index in [0.717, 1.165) is 18.4 Å². The molecule has 0 radical (unpaired) electrons. The number of carboxylic acids is 1. The number of rotatable bonds is 4. The van der Waals surface area contributed by atoms with Gasteiger partial charge in [-0.05, 0) is 25.3 Å². The van der Waals surface area contributed by atoms with E-state index in [1.165, 1.54) is 6.20 Å². The van der Waals surface area contributed by atoms with Crippen LogP contribution in [0.25, 0.3) is 0 Å². The number of hydrogen-bond acceptors (Lipinski definition) is 3. The van der Waals surface area contributed by atoms with Crippen LogP contribution in [0.2, 0.25) is 0 Å². The summed E-state index contributed by atoms with van der Waals surface area (Å²) in [6.45, 7) is 3.28. The first-order valence-corrected chi connectivity index (χ1v) is 8.17. The van der Waals surface area contributed by atoms with Gasteiger partial charge in [-0.1, -0.05) is 30.3 Å². The van der Waals surface area contributed by atoms with Gasteiger partial charge in [-0.15, -0.1) is 0 Å². The Morgan fingerprint density at radius 2 is 1.88 bits per heavy atom. The number of piperidine rings is 1. The molecular formula is C18H21N3O3. The predicted molar refractivity (Wildman–Crippen MR) is 88.9 cm³/mol. The third-order valence-corrected chi connectivity index (χ3v) is 4.67. The summed E-state index contributed by atoms with van der Waals surface area (Å²) in [4.78, 5) is 25.5. The van der Waals surface area contributed by atoms with Gasteiger partial charge < -0.3 is 10.0 Å². The minimum atomic E-state index is -0.967. The Bertz CT molecular complexity index is 718. The van der Waals surface area contributed by atoms with Crippen LogP contribution in [0.1, 0.15) is 47.6 Å². The van der Waals surface area contributed by atoms with Crippen LogP contribution in [0.5, 0.6) is 0 Å². The molecule has 2 heterocycles. The van der Waals surface area contributed by atoms with Gasteiger partial charge in [-0.25, -0.2) is 4.79 Å². The van der Waals surface area contributed by atoms with Crippen molar-refractivity contribution >= 4 is 11.9 Å². The first-order chi connectivity index (χ1) is 11.6. The zero-order valence-electron chi connectivity index (χ0n) is 13.6. The molecule has 0 saturated carbocycles. The van der Waals surface area contributed by atoms with Crippen LogP contribution in [-0.4, -0.2) is 44.8 Å². The number of carbonyl (C=O) groups is 2. The molecule has 1 aliphatic rings. The van der Waals surface area contributed by atoms with Crippen molar-refractivity contribution in [3.8, 4) is 0 Å². The Kier molecular flexibility index (Phi) is 4.64. The fraction of sp³-hybridized carbons (Fsp3) is 0.389. The second kappa shape index (κ2) is 6.86. The van der Waals surface area contributed by atoms with Crippen molar-refractivity contribution in [3.05, 3.63) is 53.9 Å². The predicted octanol–water partition coefficient (Wildman–Crippen LogP) is 2.55. The van der Waals surface area contributed by atoms with Gasteiger partial charge in [0, 0.05) is 19.3 Å². The quantitative estimate of drug-likeness (QED) is 0.936. The lowest BCUT2D eigenvalue weighted by atomic mass is 9.97. The highest BCUT2D eigenvalue weighted by atomic mass is 16.4. The summed E-state index contributed by atoms with van der Waals surface area (Å²) in [5.41, 5.74) is 1.23. The highest BCUT2D eigenvalue weighted by Crippen LogP contribution is 2.25. The first kappa shape index (κ1) is 16.2. The molecule has 0 aliphatic carbocycles. The van der Waals surface area contributed by atoms with Crippen molar-refractivity contribution in [3.63, 3.8) is 0 Å². The highest BCUT2D eigenvalue weighted by Gasteiger charge is 2.27. The van der Waals surface area contributed by atoms with Crippen LogP contribution >= 0.6 is 0 Å². The molecule has 1 atom stereocenters. The molecular weight excluding hydrogens is 306 g/mol. The molecule has 1 aromatic heterocycles. The molecule has 1 N–H and O–H groups in total. The maximum Gasteiger partial charge on any atom is 0.338 e. The number of carbonyl (C=O) groups excluding carboxylic acids is 1. The number of aromatic nitrogens is 2. The fourth-order valence-electron chi connectivity index (χ4n) is 3.16. The largest absolute Gasteiger partial charge is 0.478 e. The molecule has 0 bridgehead atoms. The number of aromatic carboxylic acids is 1. The number of carboxylic acid groups (broad SMARTS) is 1. The summed E-state index contributed by atoms with van der Waals surface area (Å²) in [5, 5.41) is 13.1. The molecule has 1 saturated heterocycles. The lowest BCUT2D eigenvalue weighted by Crippen LogP contribution is -2.41. The molecule has 6 nitrogen and oxygen atoms in total. The fourth-order valence-corrected chi connectivity index (χ4v) is 3.16. The van der Waals surface area contributed by atoms with Gasteiger partial charge in [0.25, 0.3) is 0 Å². The summed E-state index contributed by atoms with van der Waals surface area (Å²) in [6.07, 6.45) is 4.51. The maximum absolute atomic E-state index is 12.7. The van der Waals surface area contributed by atoms with E-state index in [0.29, 0.717) is 13.1 Å². The first-order valence-electron chi connectivity index (χ1n) is 8.17. The number of nitrogens with zero attached hydrogens (tertiary/aromatic N) is 3. The number of benzene rings is 1. The van der Waals surface area contributed by atoms with Gasteiger partial charge in [0.15, 0.2) is 0 Å². The van der Waals surface area contributed by atoms with Crippen molar-refractivity contribution < 1.29 is 14.7 Å². The third kappa shape index (κ3) is 3.32. The number of likely N-dealkylation sites (tertiary alicyclic amines) is 1. The third-order valence-electron chi connectivity index (χ3n) is 4.67. The van der Waals surface area contributed by atoms with Crippen LogP contribution in [0.3, 0.4) is 0 Å². The molecule has 0 spiro atoms. The highest BCUT2D eigenvalue weighted by molar-refractivity contribution is 5.86. The molecule has 24 heavy (non-hydrogen) atoms. The smallest absolute Gasteiger partial charge is 0.338 e. The van der Waals surface area contributed by atoms with Crippen molar-refractivity contribution in [2.75, 3.05) is 13.1 Å². The normalized spacial score (nSPS) is 16.8.